The molecule has 6 N–H and O–H groups in total. The molecule has 1 rings (SSSR count). The Morgan fingerprint density at radius 1 is 1.27 bits per heavy atom. The zero-order valence-corrected chi connectivity index (χ0v) is 6.33. The molecule has 60 valence electrons. The third kappa shape index (κ3) is 1.69. The van der Waals surface area contributed by atoms with Crippen molar-refractivity contribution in [3.8, 4) is 0 Å². The second-order valence-corrected chi connectivity index (χ2v) is 2.47. The number of benzene rings is 1. The zero-order valence-electron chi connectivity index (χ0n) is 6.33. The van der Waals surface area contributed by atoms with Crippen molar-refractivity contribution in [1.29, 1.82) is 0 Å². The molecule has 11 heavy (non-hydrogen) atoms. The lowest BCUT2D eigenvalue weighted by atomic mass is 10.1. The van der Waals surface area contributed by atoms with Gasteiger partial charge in [0.15, 0.2) is 0 Å². The van der Waals surface area contributed by atoms with Crippen LogP contribution in [0.3, 0.4) is 0 Å². The van der Waals surface area contributed by atoms with Gasteiger partial charge in [0.25, 0.3) is 0 Å². The molecule has 0 heterocycles. The van der Waals surface area contributed by atoms with Crippen LogP contribution in [-0.2, 0) is 0 Å². The molecule has 1 aromatic rings. The lowest BCUT2D eigenvalue weighted by molar-refractivity contribution is 0.739. The van der Waals surface area contributed by atoms with Gasteiger partial charge in [-0.15, -0.1) is 0 Å². The number of nitrogen functional groups attached to an aromatic ring is 1. The van der Waals surface area contributed by atoms with Crippen molar-refractivity contribution < 1.29 is 0 Å². The van der Waals surface area contributed by atoms with Gasteiger partial charge in [0.2, 0.25) is 0 Å². The van der Waals surface area contributed by atoms with Crippen LogP contribution in [0.15, 0.2) is 24.3 Å². The summed E-state index contributed by atoms with van der Waals surface area (Å²) >= 11 is 0. The van der Waals surface area contributed by atoms with Gasteiger partial charge in [-0.25, -0.2) is 0 Å². The van der Waals surface area contributed by atoms with Gasteiger partial charge in [0.1, 0.15) is 0 Å². The first-order valence-electron chi connectivity index (χ1n) is 3.55. The Balaban J connectivity index is 2.93. The van der Waals surface area contributed by atoms with Crippen LogP contribution in [0.25, 0.3) is 0 Å². The molecule has 1 atom stereocenters. The third-order valence-electron chi connectivity index (χ3n) is 1.65. The van der Waals surface area contributed by atoms with Crippen LogP contribution in [0, 0.1) is 0 Å². The first-order valence-corrected chi connectivity index (χ1v) is 3.55. The van der Waals surface area contributed by atoms with Crippen molar-refractivity contribution in [2.45, 2.75) is 6.04 Å². The third-order valence-corrected chi connectivity index (χ3v) is 1.65. The number of para-hydroxylation sites is 1. The molecule has 1 aromatic carbocycles. The van der Waals surface area contributed by atoms with Crippen molar-refractivity contribution in [2.24, 2.45) is 11.5 Å². The smallest absolute Gasteiger partial charge is 0.0439 e. The summed E-state index contributed by atoms with van der Waals surface area (Å²) in [7, 11) is 0. The number of rotatable bonds is 2. The minimum Gasteiger partial charge on any atom is -0.398 e. The van der Waals surface area contributed by atoms with Crippen LogP contribution < -0.4 is 17.2 Å². The number of hydrogen-bond acceptors (Lipinski definition) is 3. The van der Waals surface area contributed by atoms with Gasteiger partial charge in [0, 0.05) is 18.3 Å². The number of hydrogen-bond donors (Lipinski definition) is 3. The Kier molecular flexibility index (Phi) is 2.46. The summed E-state index contributed by atoms with van der Waals surface area (Å²) in [5.74, 6) is 0. The topological polar surface area (TPSA) is 78.1 Å². The highest BCUT2D eigenvalue weighted by Crippen LogP contribution is 2.16. The zero-order chi connectivity index (χ0) is 8.27. The van der Waals surface area contributed by atoms with Crippen molar-refractivity contribution in [2.75, 3.05) is 12.3 Å². The fraction of sp³-hybridized carbons (Fsp3) is 0.250. The second kappa shape index (κ2) is 3.37. The molecule has 0 bridgehead atoms. The molecule has 0 aromatic heterocycles. The summed E-state index contributed by atoms with van der Waals surface area (Å²) in [6.07, 6.45) is 0. The van der Waals surface area contributed by atoms with Crippen LogP contribution in [-0.4, -0.2) is 6.54 Å². The molecule has 0 aliphatic heterocycles. The lowest BCUT2D eigenvalue weighted by Gasteiger charge is -2.10. The van der Waals surface area contributed by atoms with Crippen LogP contribution in [0.2, 0.25) is 0 Å². The maximum Gasteiger partial charge on any atom is 0.0439 e. The van der Waals surface area contributed by atoms with E-state index in [1.54, 1.807) is 0 Å². The van der Waals surface area contributed by atoms with E-state index in [0.717, 1.165) is 5.56 Å². The summed E-state index contributed by atoms with van der Waals surface area (Å²) in [6.45, 7) is 0.425. The Morgan fingerprint density at radius 3 is 2.45 bits per heavy atom. The van der Waals surface area contributed by atoms with Crippen LogP contribution >= 0.6 is 0 Å². The Bertz CT molecular complexity index is 235. The van der Waals surface area contributed by atoms with E-state index in [4.69, 9.17) is 17.2 Å². The minimum absolute atomic E-state index is 0.142. The fourth-order valence-electron chi connectivity index (χ4n) is 0.976. The predicted molar refractivity (Wildman–Crippen MR) is 46.8 cm³/mol. The highest BCUT2D eigenvalue weighted by Gasteiger charge is 2.04. The van der Waals surface area contributed by atoms with Gasteiger partial charge >= 0.3 is 0 Å². The van der Waals surface area contributed by atoms with Gasteiger partial charge in [-0.3, -0.25) is 0 Å². The SMILES string of the molecule is NCC(N)c1ccccc1N. The second-order valence-electron chi connectivity index (χ2n) is 2.47. The first-order chi connectivity index (χ1) is 5.25. The summed E-state index contributed by atoms with van der Waals surface area (Å²) < 4.78 is 0. The molecule has 0 fully saturated rings. The quantitative estimate of drug-likeness (QED) is 0.529. The van der Waals surface area contributed by atoms with E-state index in [2.05, 4.69) is 0 Å². The van der Waals surface area contributed by atoms with E-state index in [9.17, 15) is 0 Å². The first kappa shape index (κ1) is 8.04. The normalized spacial score (nSPS) is 12.9. The fourth-order valence-corrected chi connectivity index (χ4v) is 0.976. The minimum atomic E-state index is -0.142. The monoisotopic (exact) mass is 151 g/mol. The molecule has 0 saturated heterocycles. The maximum absolute atomic E-state index is 5.69. The lowest BCUT2D eigenvalue weighted by Crippen LogP contribution is -2.21. The van der Waals surface area contributed by atoms with Crippen molar-refractivity contribution in [3.63, 3.8) is 0 Å². The molecule has 3 nitrogen and oxygen atoms in total. The molecule has 0 aliphatic carbocycles. The van der Waals surface area contributed by atoms with Crippen LogP contribution in [0.4, 0.5) is 5.69 Å². The van der Waals surface area contributed by atoms with Crippen molar-refractivity contribution in [3.05, 3.63) is 29.8 Å². The molecular weight excluding hydrogens is 138 g/mol. The van der Waals surface area contributed by atoms with E-state index in [-0.39, 0.29) is 6.04 Å². The van der Waals surface area contributed by atoms with Crippen LogP contribution in [0.1, 0.15) is 11.6 Å². The van der Waals surface area contributed by atoms with Gasteiger partial charge in [-0.1, -0.05) is 18.2 Å². The van der Waals surface area contributed by atoms with E-state index in [1.807, 2.05) is 24.3 Å². The molecule has 3 heteroatoms. The standard InChI is InChI=1S/C8H13N3/c9-5-8(11)6-3-1-2-4-7(6)10/h1-4,8H,5,9-11H2. The largest absolute Gasteiger partial charge is 0.398 e. The summed E-state index contributed by atoms with van der Waals surface area (Å²) in [6, 6.07) is 7.36. The molecule has 1 unspecified atom stereocenters. The van der Waals surface area contributed by atoms with Gasteiger partial charge in [0.05, 0.1) is 0 Å². The molecule has 0 spiro atoms. The van der Waals surface area contributed by atoms with E-state index in [1.165, 1.54) is 0 Å². The Morgan fingerprint density at radius 2 is 1.91 bits per heavy atom. The summed E-state index contributed by atoms with van der Waals surface area (Å²) in [5, 5.41) is 0. The molecule has 0 aliphatic rings. The Hall–Kier alpha value is -1.06. The van der Waals surface area contributed by atoms with Crippen molar-refractivity contribution >= 4 is 5.69 Å². The van der Waals surface area contributed by atoms with E-state index in [0.29, 0.717) is 12.2 Å². The molecule has 0 saturated carbocycles. The van der Waals surface area contributed by atoms with E-state index < -0.39 is 0 Å². The molecular formula is C8H13N3. The summed E-state index contributed by atoms with van der Waals surface area (Å²) in [5.41, 5.74) is 18.4. The average Bonchev–Trinajstić information content (AvgIpc) is 2.04. The molecule has 0 radical (unpaired) electrons. The highest BCUT2D eigenvalue weighted by atomic mass is 14.7. The van der Waals surface area contributed by atoms with E-state index >= 15 is 0 Å². The number of nitrogens with two attached hydrogens (primary N) is 3. The summed E-state index contributed by atoms with van der Waals surface area (Å²) in [4.78, 5) is 0. The number of anilines is 1. The van der Waals surface area contributed by atoms with Crippen molar-refractivity contribution in [1.82, 2.24) is 0 Å². The highest BCUT2D eigenvalue weighted by molar-refractivity contribution is 5.48. The van der Waals surface area contributed by atoms with Gasteiger partial charge in [-0.2, -0.15) is 0 Å². The molecule has 0 amide bonds. The average molecular weight is 151 g/mol. The Labute approximate surface area is 66.2 Å². The van der Waals surface area contributed by atoms with Crippen LogP contribution in [0.5, 0.6) is 0 Å². The van der Waals surface area contributed by atoms with Gasteiger partial charge < -0.3 is 17.2 Å². The predicted octanol–water partition coefficient (Wildman–Crippen LogP) is 0.227. The maximum atomic E-state index is 5.69. The van der Waals surface area contributed by atoms with Gasteiger partial charge in [-0.05, 0) is 11.6 Å².